The molecule has 3 heterocycles. The molecule has 1 amide bonds. The number of amides is 1. The highest BCUT2D eigenvalue weighted by molar-refractivity contribution is 7.16. The van der Waals surface area contributed by atoms with Crippen LogP contribution in [-0.4, -0.2) is 29.6 Å². The molecule has 30 heavy (non-hydrogen) atoms. The number of halogens is 1. The Balaban J connectivity index is 1.59. The molecule has 1 aromatic carbocycles. The third-order valence-electron chi connectivity index (χ3n) is 4.69. The summed E-state index contributed by atoms with van der Waals surface area (Å²) in [6.45, 7) is 1.69. The number of carbonyl (C=O) groups is 1. The molecular formula is C19H17FN6O3S. The third kappa shape index (κ3) is 3.32. The van der Waals surface area contributed by atoms with Gasteiger partial charge in [-0.15, -0.1) is 11.3 Å². The molecule has 0 aliphatic rings. The van der Waals surface area contributed by atoms with Gasteiger partial charge in [-0.05, 0) is 31.2 Å². The lowest BCUT2D eigenvalue weighted by Gasteiger charge is -2.06. The Morgan fingerprint density at radius 3 is 2.57 bits per heavy atom. The molecule has 9 nitrogen and oxygen atoms in total. The summed E-state index contributed by atoms with van der Waals surface area (Å²) in [5.41, 5.74) is 0.760. The van der Waals surface area contributed by atoms with Crippen LogP contribution in [0.25, 0.3) is 22.4 Å². The van der Waals surface area contributed by atoms with Crippen molar-refractivity contribution in [1.29, 1.82) is 0 Å². The largest absolute Gasteiger partial charge is 0.332 e. The highest BCUT2D eigenvalue weighted by atomic mass is 32.1. The second-order valence-electron chi connectivity index (χ2n) is 6.73. The van der Waals surface area contributed by atoms with E-state index >= 15 is 0 Å². The fourth-order valence-electron chi connectivity index (χ4n) is 3.16. The molecule has 0 aliphatic heterocycles. The molecule has 0 radical (unpaired) electrons. The van der Waals surface area contributed by atoms with Crippen LogP contribution in [0.4, 0.5) is 9.52 Å². The number of aryl methyl sites for hydroxylation is 2. The van der Waals surface area contributed by atoms with Crippen LogP contribution < -0.4 is 16.6 Å². The van der Waals surface area contributed by atoms with Crippen molar-refractivity contribution in [2.45, 2.75) is 13.5 Å². The molecule has 0 fully saturated rings. The molecular weight excluding hydrogens is 411 g/mol. The van der Waals surface area contributed by atoms with Crippen LogP contribution in [-0.2, 0) is 25.4 Å². The number of nitrogens with zero attached hydrogens (tertiary/aromatic N) is 5. The zero-order chi connectivity index (χ0) is 21.6. The number of aromatic nitrogens is 5. The maximum Gasteiger partial charge on any atom is 0.332 e. The van der Waals surface area contributed by atoms with Gasteiger partial charge in [0.2, 0.25) is 5.91 Å². The lowest BCUT2D eigenvalue weighted by molar-refractivity contribution is -0.116. The van der Waals surface area contributed by atoms with Gasteiger partial charge in [-0.3, -0.25) is 18.7 Å². The van der Waals surface area contributed by atoms with E-state index in [4.69, 9.17) is 0 Å². The minimum absolute atomic E-state index is 0.164. The molecule has 3 aromatic heterocycles. The van der Waals surface area contributed by atoms with Crippen LogP contribution in [0.5, 0.6) is 0 Å². The standard InChI is InChI=1S/C19H17FN6O3S/c1-10-14(11-4-6-12(20)7-5-11)23-18(30-10)22-13(27)8-26-9-21-16-15(26)17(28)25(3)19(29)24(16)2/h4-7,9H,8H2,1-3H3,(H,22,23,27). The Labute approximate surface area is 173 Å². The highest BCUT2D eigenvalue weighted by Gasteiger charge is 2.17. The zero-order valence-electron chi connectivity index (χ0n) is 16.3. The normalized spacial score (nSPS) is 11.2. The van der Waals surface area contributed by atoms with Gasteiger partial charge in [0, 0.05) is 24.5 Å². The minimum atomic E-state index is -0.526. The van der Waals surface area contributed by atoms with Crippen LogP contribution in [0.3, 0.4) is 0 Å². The predicted molar refractivity (Wildman–Crippen MR) is 111 cm³/mol. The van der Waals surface area contributed by atoms with E-state index in [-0.39, 0.29) is 23.5 Å². The molecule has 0 aliphatic carbocycles. The number of hydrogen-bond acceptors (Lipinski definition) is 6. The summed E-state index contributed by atoms with van der Waals surface area (Å²) >= 11 is 1.29. The molecule has 154 valence electrons. The van der Waals surface area contributed by atoms with Crippen LogP contribution in [0.2, 0.25) is 0 Å². The summed E-state index contributed by atoms with van der Waals surface area (Å²) < 4.78 is 16.8. The number of fused-ring (bicyclic) bond motifs is 1. The number of carbonyl (C=O) groups excluding carboxylic acids is 1. The van der Waals surface area contributed by atoms with Crippen molar-refractivity contribution in [3.63, 3.8) is 0 Å². The summed E-state index contributed by atoms with van der Waals surface area (Å²) in [5, 5.41) is 3.11. The van der Waals surface area contributed by atoms with Gasteiger partial charge in [-0.1, -0.05) is 0 Å². The highest BCUT2D eigenvalue weighted by Crippen LogP contribution is 2.30. The number of hydrogen-bond donors (Lipinski definition) is 1. The average molecular weight is 428 g/mol. The van der Waals surface area contributed by atoms with Crippen LogP contribution in [0.15, 0.2) is 40.2 Å². The Morgan fingerprint density at radius 1 is 1.17 bits per heavy atom. The van der Waals surface area contributed by atoms with E-state index in [2.05, 4.69) is 15.3 Å². The van der Waals surface area contributed by atoms with E-state index in [1.54, 1.807) is 12.1 Å². The second kappa shape index (κ2) is 7.34. The molecule has 4 rings (SSSR count). The minimum Gasteiger partial charge on any atom is -0.315 e. The molecule has 0 saturated carbocycles. The molecule has 0 atom stereocenters. The van der Waals surface area contributed by atoms with Crippen molar-refractivity contribution in [3.8, 4) is 11.3 Å². The number of anilines is 1. The maximum atomic E-state index is 13.1. The van der Waals surface area contributed by atoms with Gasteiger partial charge in [0.25, 0.3) is 5.56 Å². The van der Waals surface area contributed by atoms with Gasteiger partial charge in [0.15, 0.2) is 16.3 Å². The lowest BCUT2D eigenvalue weighted by atomic mass is 10.1. The summed E-state index contributed by atoms with van der Waals surface area (Å²) in [6, 6.07) is 5.95. The SMILES string of the molecule is Cc1sc(NC(=O)Cn2cnc3c2c(=O)n(C)c(=O)n3C)nc1-c1ccc(F)cc1. The van der Waals surface area contributed by atoms with Gasteiger partial charge in [0.1, 0.15) is 12.4 Å². The van der Waals surface area contributed by atoms with Gasteiger partial charge in [-0.25, -0.2) is 19.2 Å². The van der Waals surface area contributed by atoms with Gasteiger partial charge in [-0.2, -0.15) is 0 Å². The van der Waals surface area contributed by atoms with Crippen LogP contribution >= 0.6 is 11.3 Å². The Morgan fingerprint density at radius 2 is 1.87 bits per heavy atom. The Hall–Kier alpha value is -3.60. The summed E-state index contributed by atoms with van der Waals surface area (Å²) in [7, 11) is 2.88. The van der Waals surface area contributed by atoms with Crippen molar-refractivity contribution >= 4 is 33.5 Å². The second-order valence-corrected chi connectivity index (χ2v) is 7.93. The molecule has 1 N–H and O–H groups in total. The van der Waals surface area contributed by atoms with E-state index in [0.29, 0.717) is 10.8 Å². The molecule has 0 unspecified atom stereocenters. The third-order valence-corrected chi connectivity index (χ3v) is 5.58. The number of nitrogens with one attached hydrogen (secondary N) is 1. The van der Waals surface area contributed by atoms with Crippen molar-refractivity contribution in [1.82, 2.24) is 23.7 Å². The lowest BCUT2D eigenvalue weighted by Crippen LogP contribution is -2.37. The zero-order valence-corrected chi connectivity index (χ0v) is 17.2. The Bertz CT molecular complexity index is 1400. The predicted octanol–water partition coefficient (Wildman–Crippen LogP) is 1.64. The first-order valence-electron chi connectivity index (χ1n) is 8.90. The number of benzene rings is 1. The van der Waals surface area contributed by atoms with E-state index in [1.165, 1.54) is 53.0 Å². The summed E-state index contributed by atoms with van der Waals surface area (Å²) in [6.07, 6.45) is 1.35. The summed E-state index contributed by atoms with van der Waals surface area (Å²) in [5.74, 6) is -0.735. The first-order chi connectivity index (χ1) is 14.3. The molecule has 4 aromatic rings. The maximum absolute atomic E-state index is 13.1. The van der Waals surface area contributed by atoms with Gasteiger partial charge in [0.05, 0.1) is 12.0 Å². The topological polar surface area (TPSA) is 104 Å². The Kier molecular flexibility index (Phi) is 4.82. The van der Waals surface area contributed by atoms with Crippen LogP contribution in [0, 0.1) is 12.7 Å². The van der Waals surface area contributed by atoms with Crippen molar-refractivity contribution < 1.29 is 9.18 Å². The average Bonchev–Trinajstić information content (AvgIpc) is 3.28. The van der Waals surface area contributed by atoms with Crippen molar-refractivity contribution in [2.75, 3.05) is 5.32 Å². The molecule has 11 heteroatoms. The van der Waals surface area contributed by atoms with Crippen molar-refractivity contribution in [2.24, 2.45) is 14.1 Å². The molecule has 0 bridgehead atoms. The van der Waals surface area contributed by atoms with Crippen LogP contribution in [0.1, 0.15) is 4.88 Å². The van der Waals surface area contributed by atoms with Crippen molar-refractivity contribution in [3.05, 3.63) is 62.1 Å². The smallest absolute Gasteiger partial charge is 0.315 e. The molecule has 0 saturated heterocycles. The van der Waals surface area contributed by atoms with E-state index < -0.39 is 17.2 Å². The first-order valence-corrected chi connectivity index (χ1v) is 9.72. The number of rotatable bonds is 4. The first kappa shape index (κ1) is 19.7. The number of thiazole rings is 1. The van der Waals surface area contributed by atoms with E-state index in [0.717, 1.165) is 15.0 Å². The fraction of sp³-hybridized carbons (Fsp3) is 0.211. The van der Waals surface area contributed by atoms with Gasteiger partial charge >= 0.3 is 5.69 Å². The molecule has 0 spiro atoms. The van der Waals surface area contributed by atoms with E-state index in [1.807, 2.05) is 6.92 Å². The summed E-state index contributed by atoms with van der Waals surface area (Å²) in [4.78, 5) is 46.4. The monoisotopic (exact) mass is 428 g/mol. The number of imidazole rings is 1. The van der Waals surface area contributed by atoms with E-state index in [9.17, 15) is 18.8 Å². The van der Waals surface area contributed by atoms with Gasteiger partial charge < -0.3 is 9.88 Å². The fourth-order valence-corrected chi connectivity index (χ4v) is 4.01. The quantitative estimate of drug-likeness (QED) is 0.532.